The van der Waals surface area contributed by atoms with E-state index in [9.17, 15) is 14.0 Å². The van der Waals surface area contributed by atoms with Crippen LogP contribution in [0.15, 0.2) is 30.3 Å². The molecule has 0 spiro atoms. The number of nitrogens with one attached hydrogen (secondary N) is 1. The highest BCUT2D eigenvalue weighted by atomic mass is 19.1. The summed E-state index contributed by atoms with van der Waals surface area (Å²) in [6.45, 7) is 1.42. The number of alkyl halides is 1. The van der Waals surface area contributed by atoms with E-state index >= 15 is 0 Å². The lowest BCUT2D eigenvalue weighted by Crippen LogP contribution is -2.59. The maximum atomic E-state index is 14.6. The molecule has 2 amide bonds. The molecule has 1 aromatic carbocycles. The molecular weight excluding hydrogens is 335 g/mol. The quantitative estimate of drug-likeness (QED) is 0.896. The van der Waals surface area contributed by atoms with Crippen LogP contribution < -0.4 is 5.32 Å². The Hall–Kier alpha value is -1.95. The van der Waals surface area contributed by atoms with Gasteiger partial charge in [-0.05, 0) is 44.2 Å². The smallest absolute Gasteiger partial charge is 0.260 e. The molecule has 3 aliphatic rings. The number of fused-ring (bicyclic) bond motifs is 1. The highest BCUT2D eigenvalue weighted by molar-refractivity contribution is 5.94. The lowest BCUT2D eigenvalue weighted by Gasteiger charge is -2.44. The lowest BCUT2D eigenvalue weighted by atomic mass is 9.80. The SMILES string of the molecule is O=C(NC[C@@H]1CC[C@@H]2[C@H]1OCCN2C(=O)C1(F)CCC1)c1ccccc1. The molecule has 1 saturated heterocycles. The molecule has 3 atom stereocenters. The van der Waals surface area contributed by atoms with Gasteiger partial charge in [0, 0.05) is 24.6 Å². The Labute approximate surface area is 152 Å². The van der Waals surface area contributed by atoms with Crippen molar-refractivity contribution in [1.82, 2.24) is 10.2 Å². The first-order valence-corrected chi connectivity index (χ1v) is 9.53. The second kappa shape index (κ2) is 6.99. The summed E-state index contributed by atoms with van der Waals surface area (Å²) >= 11 is 0. The van der Waals surface area contributed by atoms with Gasteiger partial charge in [-0.15, -0.1) is 0 Å². The van der Waals surface area contributed by atoms with Crippen LogP contribution >= 0.6 is 0 Å². The van der Waals surface area contributed by atoms with Crippen LogP contribution in [0.2, 0.25) is 0 Å². The van der Waals surface area contributed by atoms with Crippen LogP contribution in [0.4, 0.5) is 4.39 Å². The van der Waals surface area contributed by atoms with Crippen LogP contribution in [0.1, 0.15) is 42.5 Å². The van der Waals surface area contributed by atoms with Gasteiger partial charge in [0.15, 0.2) is 5.67 Å². The van der Waals surface area contributed by atoms with Gasteiger partial charge in [0.1, 0.15) is 0 Å². The van der Waals surface area contributed by atoms with E-state index in [1.807, 2.05) is 18.2 Å². The molecule has 0 radical (unpaired) electrons. The van der Waals surface area contributed by atoms with Gasteiger partial charge in [-0.3, -0.25) is 9.59 Å². The first kappa shape index (κ1) is 17.5. The lowest BCUT2D eigenvalue weighted by molar-refractivity contribution is -0.163. The molecule has 6 heteroatoms. The predicted octanol–water partition coefficient (Wildman–Crippen LogP) is 2.31. The van der Waals surface area contributed by atoms with Crippen molar-refractivity contribution in [1.29, 1.82) is 0 Å². The number of benzene rings is 1. The molecule has 4 rings (SSSR count). The summed E-state index contributed by atoms with van der Waals surface area (Å²) in [7, 11) is 0. The number of hydrogen-bond donors (Lipinski definition) is 1. The van der Waals surface area contributed by atoms with E-state index in [1.54, 1.807) is 17.0 Å². The van der Waals surface area contributed by atoms with Gasteiger partial charge in [-0.1, -0.05) is 18.2 Å². The Morgan fingerprint density at radius 3 is 2.69 bits per heavy atom. The van der Waals surface area contributed by atoms with Crippen molar-refractivity contribution < 1.29 is 18.7 Å². The Morgan fingerprint density at radius 1 is 1.23 bits per heavy atom. The van der Waals surface area contributed by atoms with E-state index in [0.29, 0.717) is 38.1 Å². The summed E-state index contributed by atoms with van der Waals surface area (Å²) in [5.41, 5.74) is -1.02. The van der Waals surface area contributed by atoms with Gasteiger partial charge in [-0.2, -0.15) is 0 Å². The molecule has 1 N–H and O–H groups in total. The van der Waals surface area contributed by atoms with E-state index in [-0.39, 0.29) is 29.9 Å². The number of ether oxygens (including phenoxy) is 1. The number of carbonyl (C=O) groups excluding carboxylic acids is 2. The summed E-state index contributed by atoms with van der Waals surface area (Å²) in [4.78, 5) is 26.6. The molecule has 26 heavy (non-hydrogen) atoms. The van der Waals surface area contributed by atoms with Gasteiger partial charge in [0.05, 0.1) is 18.8 Å². The fraction of sp³-hybridized carbons (Fsp3) is 0.600. The molecule has 140 valence electrons. The third kappa shape index (κ3) is 3.11. The number of nitrogens with zero attached hydrogens (tertiary/aromatic N) is 1. The minimum atomic E-state index is -1.65. The molecular formula is C20H25FN2O3. The van der Waals surface area contributed by atoms with Crippen LogP contribution in [0.25, 0.3) is 0 Å². The Kier molecular flexibility index (Phi) is 4.69. The van der Waals surface area contributed by atoms with Gasteiger partial charge >= 0.3 is 0 Å². The highest BCUT2D eigenvalue weighted by Gasteiger charge is 2.52. The standard InChI is InChI=1S/C20H25FN2O3/c21-20(9-4-10-20)19(25)23-11-12-26-17-15(7-8-16(17)23)13-22-18(24)14-5-2-1-3-6-14/h1-3,5-6,15-17H,4,7-13H2,(H,22,24)/t15-,16+,17-/m0/s1. The Morgan fingerprint density at radius 2 is 2.00 bits per heavy atom. The normalized spacial score (nSPS) is 29.6. The molecule has 5 nitrogen and oxygen atoms in total. The van der Waals surface area contributed by atoms with Crippen LogP contribution in [0, 0.1) is 5.92 Å². The van der Waals surface area contributed by atoms with Crippen molar-refractivity contribution in [3.8, 4) is 0 Å². The summed E-state index contributed by atoms with van der Waals surface area (Å²) in [6.07, 6.45) is 3.03. The molecule has 1 aliphatic heterocycles. The zero-order valence-electron chi connectivity index (χ0n) is 14.8. The van der Waals surface area contributed by atoms with Crippen LogP contribution in [-0.4, -0.2) is 54.2 Å². The predicted molar refractivity (Wildman–Crippen MR) is 94.4 cm³/mol. The van der Waals surface area contributed by atoms with Crippen molar-refractivity contribution in [2.24, 2.45) is 5.92 Å². The van der Waals surface area contributed by atoms with E-state index < -0.39 is 5.67 Å². The zero-order chi connectivity index (χ0) is 18.1. The maximum Gasteiger partial charge on any atom is 0.260 e. The number of carbonyl (C=O) groups is 2. The number of morpholine rings is 1. The van der Waals surface area contributed by atoms with E-state index in [4.69, 9.17) is 4.74 Å². The second-order valence-electron chi connectivity index (χ2n) is 7.63. The van der Waals surface area contributed by atoms with Gasteiger partial charge in [0.25, 0.3) is 11.8 Å². The van der Waals surface area contributed by atoms with Crippen molar-refractivity contribution in [3.63, 3.8) is 0 Å². The van der Waals surface area contributed by atoms with Crippen molar-refractivity contribution >= 4 is 11.8 Å². The Bertz CT molecular complexity index is 677. The number of rotatable bonds is 4. The minimum absolute atomic E-state index is 0.0666. The number of amides is 2. The van der Waals surface area contributed by atoms with E-state index in [2.05, 4.69) is 5.32 Å². The third-order valence-electron chi connectivity index (χ3n) is 6.07. The van der Waals surface area contributed by atoms with Crippen LogP contribution in [0.5, 0.6) is 0 Å². The topological polar surface area (TPSA) is 58.6 Å². The molecule has 0 bridgehead atoms. The molecule has 2 saturated carbocycles. The molecule has 1 heterocycles. The van der Waals surface area contributed by atoms with Gasteiger partial charge < -0.3 is 15.0 Å². The molecule has 3 fully saturated rings. The largest absolute Gasteiger partial charge is 0.374 e. The molecule has 2 aliphatic carbocycles. The zero-order valence-corrected chi connectivity index (χ0v) is 14.8. The minimum Gasteiger partial charge on any atom is -0.374 e. The molecule has 0 aromatic heterocycles. The van der Waals surface area contributed by atoms with E-state index in [1.165, 1.54) is 0 Å². The summed E-state index contributed by atoms with van der Waals surface area (Å²) in [5.74, 6) is -0.300. The fourth-order valence-corrected chi connectivity index (χ4v) is 4.41. The fourth-order valence-electron chi connectivity index (χ4n) is 4.41. The van der Waals surface area contributed by atoms with E-state index in [0.717, 1.165) is 19.3 Å². The monoisotopic (exact) mass is 360 g/mol. The maximum absolute atomic E-state index is 14.6. The van der Waals surface area contributed by atoms with Gasteiger partial charge in [0.2, 0.25) is 0 Å². The highest BCUT2D eigenvalue weighted by Crippen LogP contribution is 2.41. The van der Waals surface area contributed by atoms with Gasteiger partial charge in [-0.25, -0.2) is 4.39 Å². The first-order valence-electron chi connectivity index (χ1n) is 9.53. The van der Waals surface area contributed by atoms with Crippen molar-refractivity contribution in [3.05, 3.63) is 35.9 Å². The average Bonchev–Trinajstić information content (AvgIpc) is 3.07. The van der Waals surface area contributed by atoms with Crippen molar-refractivity contribution in [2.75, 3.05) is 19.7 Å². The van der Waals surface area contributed by atoms with Crippen molar-refractivity contribution in [2.45, 2.75) is 49.9 Å². The Balaban J connectivity index is 1.37. The first-order chi connectivity index (χ1) is 12.6. The average molecular weight is 360 g/mol. The third-order valence-corrected chi connectivity index (χ3v) is 6.07. The second-order valence-corrected chi connectivity index (χ2v) is 7.63. The van der Waals surface area contributed by atoms with Crippen LogP contribution in [0.3, 0.4) is 0 Å². The summed E-state index contributed by atoms with van der Waals surface area (Å²) < 4.78 is 20.5. The van der Waals surface area contributed by atoms with Crippen LogP contribution in [-0.2, 0) is 9.53 Å². The number of hydrogen-bond acceptors (Lipinski definition) is 3. The summed E-state index contributed by atoms with van der Waals surface area (Å²) in [6, 6.07) is 9.04. The summed E-state index contributed by atoms with van der Waals surface area (Å²) in [5, 5.41) is 2.97. The molecule has 0 unspecified atom stereocenters. The molecule has 1 aromatic rings. The number of halogens is 1.